The van der Waals surface area contributed by atoms with Crippen LogP contribution in [0.5, 0.6) is 0 Å². The minimum atomic E-state index is -4.06. The Kier molecular flexibility index (Phi) is 7.30. The molecule has 34 heavy (non-hydrogen) atoms. The number of carbonyl (C=O) groups excluding carboxylic acids is 1. The van der Waals surface area contributed by atoms with Crippen LogP contribution in [0.25, 0.3) is 0 Å². The largest absolute Gasteiger partial charge is 0.296 e. The van der Waals surface area contributed by atoms with Crippen LogP contribution in [0.2, 0.25) is 10.0 Å². The fourth-order valence-corrected chi connectivity index (χ4v) is 5.76. The molecule has 0 spiro atoms. The molecule has 0 aliphatic heterocycles. The number of hydrogen-bond donors (Lipinski definition) is 2. The number of hydrogen-bond acceptors (Lipinski definition) is 6. The number of aryl methyl sites for hydroxylation is 1. The second kappa shape index (κ2) is 10.2. The second-order valence-electron chi connectivity index (χ2n) is 7.33. The molecule has 1 amide bonds. The van der Waals surface area contributed by atoms with Gasteiger partial charge < -0.3 is 0 Å². The van der Waals surface area contributed by atoms with Gasteiger partial charge in [-0.25, -0.2) is 8.42 Å². The van der Waals surface area contributed by atoms with Gasteiger partial charge in [0, 0.05) is 5.02 Å². The van der Waals surface area contributed by atoms with Crippen LogP contribution in [-0.2, 0) is 10.0 Å². The van der Waals surface area contributed by atoms with Crippen LogP contribution in [0.1, 0.15) is 33.1 Å². The average Bonchev–Trinajstić information content (AvgIpc) is 3.28. The van der Waals surface area contributed by atoms with Gasteiger partial charge in [-0.2, -0.15) is 4.72 Å². The molecule has 174 valence electrons. The lowest BCUT2D eigenvalue weighted by molar-refractivity contribution is 0.102. The molecule has 0 saturated heterocycles. The van der Waals surface area contributed by atoms with Crippen molar-refractivity contribution < 1.29 is 13.2 Å². The first-order chi connectivity index (χ1) is 16.2. The third-order valence-electron chi connectivity index (χ3n) is 4.85. The van der Waals surface area contributed by atoms with E-state index in [0.717, 1.165) is 28.0 Å². The van der Waals surface area contributed by atoms with Gasteiger partial charge in [0.1, 0.15) is 0 Å². The highest BCUT2D eigenvalue weighted by atomic mass is 35.5. The van der Waals surface area contributed by atoms with E-state index in [2.05, 4.69) is 20.2 Å². The normalized spacial score (nSPS) is 12.3. The van der Waals surface area contributed by atoms with Gasteiger partial charge in [0.05, 0.1) is 16.6 Å². The van der Waals surface area contributed by atoms with Crippen molar-refractivity contribution in [2.75, 3.05) is 5.32 Å². The topological polar surface area (TPSA) is 101 Å². The van der Waals surface area contributed by atoms with E-state index in [4.69, 9.17) is 23.2 Å². The summed E-state index contributed by atoms with van der Waals surface area (Å²) in [6.45, 7) is 1.96. The van der Waals surface area contributed by atoms with Crippen LogP contribution in [0.4, 0.5) is 5.13 Å². The molecule has 7 nitrogen and oxygen atoms in total. The number of benzene rings is 3. The van der Waals surface area contributed by atoms with Crippen molar-refractivity contribution in [3.63, 3.8) is 0 Å². The summed E-state index contributed by atoms with van der Waals surface area (Å²) in [4.78, 5) is 12.5. The minimum absolute atomic E-state index is 0.0167. The molecule has 0 radical (unpaired) electrons. The third-order valence-corrected chi connectivity index (χ3v) is 8.03. The summed E-state index contributed by atoms with van der Waals surface area (Å²) in [5.74, 6) is -0.559. The molecular formula is C23H18Cl2N4O3S2. The van der Waals surface area contributed by atoms with Crippen LogP contribution in [-0.4, -0.2) is 24.5 Å². The molecule has 2 N–H and O–H groups in total. The number of nitrogens with one attached hydrogen (secondary N) is 2. The zero-order valence-electron chi connectivity index (χ0n) is 17.7. The smallest absolute Gasteiger partial charge is 0.270 e. The second-order valence-corrected chi connectivity index (χ2v) is 11.0. The number of carbonyl (C=O) groups is 1. The molecule has 3 aromatic carbocycles. The molecule has 1 heterocycles. The maximum atomic E-state index is 13.2. The number of nitrogens with zero attached hydrogens (tertiary/aromatic N) is 2. The Morgan fingerprint density at radius 2 is 1.62 bits per heavy atom. The third kappa shape index (κ3) is 5.63. The lowest BCUT2D eigenvalue weighted by Gasteiger charge is -2.19. The molecule has 0 aliphatic carbocycles. The van der Waals surface area contributed by atoms with Crippen molar-refractivity contribution >= 4 is 55.6 Å². The lowest BCUT2D eigenvalue weighted by atomic mass is 9.99. The zero-order chi connectivity index (χ0) is 24.3. The monoisotopic (exact) mass is 532 g/mol. The maximum Gasteiger partial charge on any atom is 0.270 e. The van der Waals surface area contributed by atoms with Crippen LogP contribution in [0.3, 0.4) is 0 Å². The summed E-state index contributed by atoms with van der Waals surface area (Å²) in [6, 6.07) is 20.6. The molecule has 0 saturated carbocycles. The number of amides is 1. The van der Waals surface area contributed by atoms with Gasteiger partial charge in [-0.15, -0.1) is 10.2 Å². The standard InChI is InChI=1S/C23H18Cl2N4O3S2/c1-14-7-9-16(10-8-14)20(15-5-3-2-4-6-15)29-34(31,32)23-28-27-22(33-23)26-21(30)18-12-11-17(24)13-19(18)25/h2-13,20,29H,1H3,(H,26,27,30)/t20-/m1/s1. The van der Waals surface area contributed by atoms with Crippen LogP contribution >= 0.6 is 34.5 Å². The fourth-order valence-electron chi connectivity index (χ4n) is 3.15. The van der Waals surface area contributed by atoms with Crippen molar-refractivity contribution in [3.8, 4) is 0 Å². The van der Waals surface area contributed by atoms with E-state index in [0.29, 0.717) is 5.02 Å². The summed E-state index contributed by atoms with van der Waals surface area (Å²) >= 11 is 12.7. The van der Waals surface area contributed by atoms with Crippen LogP contribution in [0, 0.1) is 6.92 Å². The molecule has 1 aromatic heterocycles. The van der Waals surface area contributed by atoms with Crippen molar-refractivity contribution in [2.24, 2.45) is 0 Å². The molecule has 11 heteroatoms. The molecule has 1 atom stereocenters. The number of sulfonamides is 1. The van der Waals surface area contributed by atoms with Crippen molar-refractivity contribution in [3.05, 3.63) is 105 Å². The predicted molar refractivity (Wildman–Crippen MR) is 134 cm³/mol. The Hall–Kier alpha value is -2.82. The van der Waals surface area contributed by atoms with Crippen molar-refractivity contribution in [1.29, 1.82) is 0 Å². The van der Waals surface area contributed by atoms with Crippen LogP contribution < -0.4 is 10.0 Å². The van der Waals surface area contributed by atoms with Gasteiger partial charge in [-0.05, 0) is 36.2 Å². The first kappa shape index (κ1) is 24.3. The summed E-state index contributed by atoms with van der Waals surface area (Å²) in [7, 11) is -4.06. The van der Waals surface area contributed by atoms with E-state index in [1.807, 2.05) is 61.5 Å². The highest BCUT2D eigenvalue weighted by Gasteiger charge is 2.27. The Labute approximate surface area is 210 Å². The SMILES string of the molecule is Cc1ccc([C@H](NS(=O)(=O)c2nnc(NC(=O)c3ccc(Cl)cc3Cl)s2)c2ccccc2)cc1. The molecule has 4 aromatic rings. The van der Waals surface area contributed by atoms with Gasteiger partial charge >= 0.3 is 0 Å². The first-order valence-electron chi connectivity index (χ1n) is 9.97. The number of rotatable bonds is 7. The van der Waals surface area contributed by atoms with E-state index in [1.165, 1.54) is 18.2 Å². The first-order valence-corrected chi connectivity index (χ1v) is 13.0. The van der Waals surface area contributed by atoms with E-state index in [9.17, 15) is 13.2 Å². The van der Waals surface area contributed by atoms with E-state index < -0.39 is 22.0 Å². The van der Waals surface area contributed by atoms with Crippen LogP contribution in [0.15, 0.2) is 77.1 Å². The fraction of sp³-hybridized carbons (Fsp3) is 0.0870. The van der Waals surface area contributed by atoms with Crippen molar-refractivity contribution in [1.82, 2.24) is 14.9 Å². The number of anilines is 1. The average molecular weight is 533 g/mol. The summed E-state index contributed by atoms with van der Waals surface area (Å²) in [5.41, 5.74) is 2.78. The summed E-state index contributed by atoms with van der Waals surface area (Å²) < 4.78 is 28.8. The Balaban J connectivity index is 1.57. The molecule has 0 fully saturated rings. The maximum absolute atomic E-state index is 13.2. The molecule has 0 unspecified atom stereocenters. The highest BCUT2D eigenvalue weighted by molar-refractivity contribution is 7.91. The summed E-state index contributed by atoms with van der Waals surface area (Å²) in [5, 5.41) is 10.7. The molecular weight excluding hydrogens is 515 g/mol. The predicted octanol–water partition coefficient (Wildman–Crippen LogP) is 5.47. The Bertz CT molecular complexity index is 1430. The number of halogens is 2. The van der Waals surface area contributed by atoms with Gasteiger partial charge in [-0.1, -0.05) is 94.7 Å². The van der Waals surface area contributed by atoms with Crippen molar-refractivity contribution in [2.45, 2.75) is 17.3 Å². The van der Waals surface area contributed by atoms with Gasteiger partial charge in [0.25, 0.3) is 15.9 Å². The quantitative estimate of drug-likeness (QED) is 0.307. The van der Waals surface area contributed by atoms with Gasteiger partial charge in [-0.3, -0.25) is 10.1 Å². The van der Waals surface area contributed by atoms with E-state index in [-0.39, 0.29) is 20.1 Å². The Morgan fingerprint density at radius 1 is 0.941 bits per heavy atom. The highest BCUT2D eigenvalue weighted by Crippen LogP contribution is 2.28. The Morgan fingerprint density at radius 3 is 2.29 bits per heavy atom. The zero-order valence-corrected chi connectivity index (χ0v) is 20.8. The van der Waals surface area contributed by atoms with Gasteiger partial charge in [0.2, 0.25) is 9.47 Å². The summed E-state index contributed by atoms with van der Waals surface area (Å²) in [6.07, 6.45) is 0. The lowest BCUT2D eigenvalue weighted by Crippen LogP contribution is -2.29. The van der Waals surface area contributed by atoms with E-state index >= 15 is 0 Å². The molecule has 0 bridgehead atoms. The minimum Gasteiger partial charge on any atom is -0.296 e. The molecule has 4 rings (SSSR count). The molecule has 0 aliphatic rings. The van der Waals surface area contributed by atoms with E-state index in [1.54, 1.807) is 0 Å². The van der Waals surface area contributed by atoms with Gasteiger partial charge in [0.15, 0.2) is 0 Å². The number of aromatic nitrogens is 2.